The molecule has 1 aliphatic heterocycles. The molecule has 2 N–H and O–H groups in total. The quantitative estimate of drug-likeness (QED) is 0.849. The third-order valence-corrected chi connectivity index (χ3v) is 4.94. The number of carbonyl (C=O) groups is 2. The van der Waals surface area contributed by atoms with Crippen molar-refractivity contribution < 1.29 is 18.0 Å². The molecule has 1 aromatic rings. The Hall–Kier alpha value is -1.93. The van der Waals surface area contributed by atoms with Crippen molar-refractivity contribution in [2.45, 2.75) is 37.6 Å². The molecule has 8 heteroatoms. The summed E-state index contributed by atoms with van der Waals surface area (Å²) >= 11 is 0. The minimum absolute atomic E-state index is 0.0591. The van der Waals surface area contributed by atoms with E-state index in [1.54, 1.807) is 6.07 Å². The second-order valence-corrected chi connectivity index (χ2v) is 7.40. The molecule has 2 rings (SSSR count). The molecule has 2 amide bonds. The Labute approximate surface area is 129 Å². The highest BCUT2D eigenvalue weighted by Gasteiger charge is 2.35. The summed E-state index contributed by atoms with van der Waals surface area (Å²) in [4.78, 5) is 26.4. The Kier molecular flexibility index (Phi) is 4.25. The van der Waals surface area contributed by atoms with Crippen LogP contribution in [0, 0.1) is 0 Å². The van der Waals surface area contributed by atoms with Crippen molar-refractivity contribution in [2.24, 2.45) is 0 Å². The zero-order chi connectivity index (χ0) is 16.5. The van der Waals surface area contributed by atoms with Gasteiger partial charge in [0.1, 0.15) is 6.54 Å². The lowest BCUT2D eigenvalue weighted by atomic mass is 10.0. The van der Waals surface area contributed by atoms with Crippen LogP contribution in [0.3, 0.4) is 0 Å². The van der Waals surface area contributed by atoms with E-state index < -0.39 is 27.4 Å². The van der Waals surface area contributed by atoms with Crippen LogP contribution in [0.25, 0.3) is 0 Å². The molecule has 1 aromatic carbocycles. The predicted octanol–water partition coefficient (Wildman–Crippen LogP) is 0.640. The van der Waals surface area contributed by atoms with Crippen molar-refractivity contribution in [3.05, 3.63) is 29.8 Å². The summed E-state index contributed by atoms with van der Waals surface area (Å²) in [5, 5.41) is 3.58. The maximum Gasteiger partial charge on any atom is 0.270 e. The molecule has 1 heterocycles. The Balaban J connectivity index is 2.22. The van der Waals surface area contributed by atoms with E-state index in [0.717, 1.165) is 5.01 Å². The van der Waals surface area contributed by atoms with Crippen molar-refractivity contribution in [3.63, 3.8) is 0 Å². The fourth-order valence-corrected chi connectivity index (χ4v) is 3.25. The molecule has 7 nitrogen and oxygen atoms in total. The first kappa shape index (κ1) is 16.4. The lowest BCUT2D eigenvalue weighted by molar-refractivity contribution is -0.123. The number of carbonyl (C=O) groups excluding carboxylic acids is 2. The van der Waals surface area contributed by atoms with Crippen LogP contribution < -0.4 is 10.1 Å². The third kappa shape index (κ3) is 3.28. The lowest BCUT2D eigenvalue weighted by Gasteiger charge is -2.30. The first-order valence-corrected chi connectivity index (χ1v) is 8.39. The number of nitrogens with one attached hydrogen (secondary N) is 2. The van der Waals surface area contributed by atoms with Crippen LogP contribution in [0.5, 0.6) is 0 Å². The maximum absolute atomic E-state index is 12.3. The monoisotopic (exact) mass is 325 g/mol. The van der Waals surface area contributed by atoms with Gasteiger partial charge in [0.2, 0.25) is 5.91 Å². The van der Waals surface area contributed by atoms with Crippen LogP contribution in [0.1, 0.15) is 37.6 Å². The lowest BCUT2D eigenvalue weighted by Crippen LogP contribution is -2.55. The minimum atomic E-state index is -3.84. The van der Waals surface area contributed by atoms with E-state index in [2.05, 4.69) is 10.1 Å². The van der Waals surface area contributed by atoms with Gasteiger partial charge >= 0.3 is 0 Å². The van der Waals surface area contributed by atoms with Crippen LogP contribution in [0.4, 0.5) is 0 Å². The van der Waals surface area contributed by atoms with Crippen LogP contribution in [0.15, 0.2) is 29.2 Å². The van der Waals surface area contributed by atoms with Gasteiger partial charge in [-0.2, -0.15) is 0 Å². The summed E-state index contributed by atoms with van der Waals surface area (Å²) in [7, 11) is -3.84. The molecule has 0 bridgehead atoms. The van der Waals surface area contributed by atoms with Gasteiger partial charge < -0.3 is 5.32 Å². The Morgan fingerprint density at radius 3 is 2.59 bits per heavy atom. The van der Waals surface area contributed by atoms with Gasteiger partial charge in [-0.3, -0.25) is 14.6 Å². The average molecular weight is 325 g/mol. The number of hydrogen-bond acceptors (Lipinski definition) is 4. The van der Waals surface area contributed by atoms with Gasteiger partial charge in [-0.25, -0.2) is 8.42 Å². The average Bonchev–Trinajstić information content (AvgIpc) is 2.44. The Bertz CT molecular complexity index is 713. The number of amides is 2. The summed E-state index contributed by atoms with van der Waals surface area (Å²) in [5.41, 5.74) is -0.365. The number of fused-ring (bicyclic) bond motifs is 1. The van der Waals surface area contributed by atoms with E-state index in [1.807, 2.05) is 20.8 Å². The summed E-state index contributed by atoms with van der Waals surface area (Å²) < 4.78 is 24.2. The fraction of sp³-hybridized carbons (Fsp3) is 0.429. The number of benzene rings is 1. The van der Waals surface area contributed by atoms with E-state index >= 15 is 0 Å². The van der Waals surface area contributed by atoms with Crippen molar-refractivity contribution in [1.82, 2.24) is 15.2 Å². The zero-order valence-electron chi connectivity index (χ0n) is 12.7. The minimum Gasteiger partial charge on any atom is -0.350 e. The molecule has 0 saturated carbocycles. The zero-order valence-corrected chi connectivity index (χ0v) is 13.5. The first-order chi connectivity index (χ1) is 10.2. The molecule has 0 atom stereocenters. The van der Waals surface area contributed by atoms with Gasteiger partial charge in [0, 0.05) is 5.54 Å². The van der Waals surface area contributed by atoms with E-state index in [0.29, 0.717) is 6.42 Å². The smallest absolute Gasteiger partial charge is 0.270 e. The highest BCUT2D eigenvalue weighted by Crippen LogP contribution is 2.21. The van der Waals surface area contributed by atoms with Gasteiger partial charge in [-0.05, 0) is 32.4 Å². The van der Waals surface area contributed by atoms with Gasteiger partial charge in [0.25, 0.3) is 15.9 Å². The topological polar surface area (TPSA) is 95.6 Å². The van der Waals surface area contributed by atoms with Crippen LogP contribution in [-0.2, 0) is 14.8 Å². The molecule has 0 saturated heterocycles. The summed E-state index contributed by atoms with van der Waals surface area (Å²) in [6, 6.07) is 5.90. The molecule has 0 spiro atoms. The number of nitrogens with zero attached hydrogens (tertiary/aromatic N) is 1. The van der Waals surface area contributed by atoms with Crippen molar-refractivity contribution in [1.29, 1.82) is 0 Å². The highest BCUT2D eigenvalue weighted by molar-refractivity contribution is 7.89. The molecule has 0 unspecified atom stereocenters. The van der Waals surface area contributed by atoms with Crippen LogP contribution in [-0.4, -0.2) is 37.3 Å². The van der Waals surface area contributed by atoms with Gasteiger partial charge in [-0.1, -0.05) is 19.1 Å². The molecule has 120 valence electrons. The highest BCUT2D eigenvalue weighted by atomic mass is 32.2. The SMILES string of the molecule is CCC(C)(C)NC(=O)CN1NS(=O)(=O)c2ccccc2C1=O. The predicted molar refractivity (Wildman–Crippen MR) is 80.3 cm³/mol. The normalized spacial score (nSPS) is 17.0. The van der Waals surface area contributed by atoms with Crippen LogP contribution >= 0.6 is 0 Å². The number of rotatable bonds is 4. The van der Waals surface area contributed by atoms with E-state index in [1.165, 1.54) is 18.2 Å². The summed E-state index contributed by atoms with van der Waals surface area (Å²) in [6.07, 6.45) is 0.710. The number of sulfonamides is 1. The first-order valence-electron chi connectivity index (χ1n) is 6.90. The van der Waals surface area contributed by atoms with E-state index in [-0.39, 0.29) is 17.0 Å². The van der Waals surface area contributed by atoms with Gasteiger partial charge in [0.05, 0.1) is 10.5 Å². The van der Waals surface area contributed by atoms with E-state index in [4.69, 9.17) is 0 Å². The van der Waals surface area contributed by atoms with Crippen molar-refractivity contribution in [3.8, 4) is 0 Å². The third-order valence-electron chi connectivity index (χ3n) is 3.55. The number of hydrogen-bond donors (Lipinski definition) is 2. The standard InChI is InChI=1S/C14H19N3O4S/c1-4-14(2,3)15-12(18)9-17-13(19)10-7-5-6-8-11(10)22(20,21)16-17/h5-8,16H,4,9H2,1-3H3,(H,15,18). The second-order valence-electron chi connectivity index (χ2n) is 5.77. The van der Waals surface area contributed by atoms with E-state index in [9.17, 15) is 18.0 Å². The summed E-state index contributed by atoms with van der Waals surface area (Å²) in [5.74, 6) is -0.975. The maximum atomic E-state index is 12.3. The number of hydrazine groups is 1. The largest absolute Gasteiger partial charge is 0.350 e. The molecule has 0 fully saturated rings. The molecule has 0 aliphatic carbocycles. The van der Waals surface area contributed by atoms with Gasteiger partial charge in [-0.15, -0.1) is 4.83 Å². The van der Waals surface area contributed by atoms with Gasteiger partial charge in [0.15, 0.2) is 0 Å². The molecule has 22 heavy (non-hydrogen) atoms. The summed E-state index contributed by atoms with van der Waals surface area (Å²) in [6.45, 7) is 5.24. The molecular formula is C14H19N3O4S. The molecule has 0 radical (unpaired) electrons. The second kappa shape index (κ2) is 5.69. The molecule has 0 aromatic heterocycles. The Morgan fingerprint density at radius 2 is 1.95 bits per heavy atom. The van der Waals surface area contributed by atoms with Crippen molar-refractivity contribution >= 4 is 21.8 Å². The molecular weight excluding hydrogens is 306 g/mol. The Morgan fingerprint density at radius 1 is 1.32 bits per heavy atom. The van der Waals surface area contributed by atoms with Crippen molar-refractivity contribution in [2.75, 3.05) is 6.54 Å². The fourth-order valence-electron chi connectivity index (χ4n) is 2.01. The van der Waals surface area contributed by atoms with Crippen LogP contribution in [0.2, 0.25) is 0 Å². The molecule has 1 aliphatic rings.